The third kappa shape index (κ3) is 5.58. The molecule has 52 valence electrons. The minimum Gasteiger partial charge on any atom is -0.293 e. The monoisotopic (exact) mass is 338 g/mol. The minimum atomic E-state index is -0.351. The standard InChI is InChI=1S/C4H2Br3ClO/c5-3(8)1-2(9)4(6)7/h1,4H. The molecule has 0 atom stereocenters. The summed E-state index contributed by atoms with van der Waals surface area (Å²) in [6.07, 6.45) is 1.27. The molecule has 0 amide bonds. The molecular formula is C4H2Br3ClO. The summed E-state index contributed by atoms with van der Waals surface area (Å²) in [6, 6.07) is 0. The van der Waals surface area contributed by atoms with Crippen molar-refractivity contribution in [2.45, 2.75) is 3.74 Å². The lowest BCUT2D eigenvalue weighted by Gasteiger charge is -1.91. The molecule has 0 aliphatic carbocycles. The van der Waals surface area contributed by atoms with Crippen molar-refractivity contribution in [2.24, 2.45) is 0 Å². The highest BCUT2D eigenvalue weighted by Crippen LogP contribution is 2.15. The van der Waals surface area contributed by atoms with Gasteiger partial charge in [0.2, 0.25) is 0 Å². The molecule has 0 radical (unpaired) electrons. The number of ketones is 1. The summed E-state index contributed by atoms with van der Waals surface area (Å²) in [4.78, 5) is 10.7. The van der Waals surface area contributed by atoms with Crippen LogP contribution in [0.15, 0.2) is 10.0 Å². The Morgan fingerprint density at radius 3 is 2.11 bits per heavy atom. The van der Waals surface area contributed by atoms with Crippen LogP contribution in [0.3, 0.4) is 0 Å². The molecule has 0 rings (SSSR count). The number of carbonyl (C=O) groups is 1. The quantitative estimate of drug-likeness (QED) is 0.557. The molecule has 0 heterocycles. The Labute approximate surface area is 83.2 Å². The topological polar surface area (TPSA) is 17.1 Å². The summed E-state index contributed by atoms with van der Waals surface area (Å²) < 4.78 is -0.0484. The van der Waals surface area contributed by atoms with E-state index in [0.29, 0.717) is 3.94 Å². The van der Waals surface area contributed by atoms with Gasteiger partial charge in [0.25, 0.3) is 0 Å². The SMILES string of the molecule is O=C(C=C(Cl)Br)C(Br)Br. The molecule has 0 unspecified atom stereocenters. The maximum Gasteiger partial charge on any atom is 0.181 e. The third-order valence-electron chi connectivity index (χ3n) is 0.466. The first kappa shape index (κ1) is 10.1. The zero-order valence-electron chi connectivity index (χ0n) is 4.07. The van der Waals surface area contributed by atoms with Crippen molar-refractivity contribution in [1.29, 1.82) is 0 Å². The van der Waals surface area contributed by atoms with Gasteiger partial charge in [-0.1, -0.05) is 43.5 Å². The van der Waals surface area contributed by atoms with Crippen LogP contribution in [-0.4, -0.2) is 9.52 Å². The second-order valence-corrected chi connectivity index (χ2v) is 5.92. The van der Waals surface area contributed by atoms with E-state index in [4.69, 9.17) is 11.6 Å². The molecule has 0 aliphatic rings. The van der Waals surface area contributed by atoms with Crippen LogP contribution < -0.4 is 0 Å². The molecule has 0 aromatic heterocycles. The van der Waals surface area contributed by atoms with Gasteiger partial charge in [-0.25, -0.2) is 0 Å². The molecule has 0 aromatic carbocycles. The van der Waals surface area contributed by atoms with Crippen molar-refractivity contribution >= 4 is 65.2 Å². The molecule has 0 aromatic rings. The maximum atomic E-state index is 10.7. The number of halogens is 4. The Balaban J connectivity index is 3.93. The van der Waals surface area contributed by atoms with Gasteiger partial charge in [0.05, 0.1) is 3.94 Å². The summed E-state index contributed by atoms with van der Waals surface area (Å²) in [6.45, 7) is 0. The number of hydrogen-bond acceptors (Lipinski definition) is 1. The zero-order chi connectivity index (χ0) is 7.44. The Hall–Kier alpha value is 1.14. The first-order valence-electron chi connectivity index (χ1n) is 1.88. The first-order chi connectivity index (χ1) is 4.04. The average Bonchev–Trinajstić information content (AvgIpc) is 1.63. The van der Waals surface area contributed by atoms with Crippen molar-refractivity contribution in [3.8, 4) is 0 Å². The van der Waals surface area contributed by atoms with E-state index in [1.54, 1.807) is 0 Å². The van der Waals surface area contributed by atoms with Crippen LogP contribution in [0, 0.1) is 0 Å². The number of rotatable bonds is 2. The Morgan fingerprint density at radius 1 is 1.56 bits per heavy atom. The van der Waals surface area contributed by atoms with Crippen LogP contribution in [0.5, 0.6) is 0 Å². The van der Waals surface area contributed by atoms with Crippen LogP contribution in [0.2, 0.25) is 0 Å². The Kier molecular flexibility index (Phi) is 5.50. The Morgan fingerprint density at radius 2 is 2.00 bits per heavy atom. The summed E-state index contributed by atoms with van der Waals surface area (Å²) in [5.41, 5.74) is 0. The number of alkyl halides is 2. The van der Waals surface area contributed by atoms with Gasteiger partial charge < -0.3 is 0 Å². The smallest absolute Gasteiger partial charge is 0.181 e. The summed E-state index contributed by atoms with van der Waals surface area (Å²) in [5, 5.41) is 0. The van der Waals surface area contributed by atoms with E-state index >= 15 is 0 Å². The molecule has 1 nitrogen and oxygen atoms in total. The normalized spacial score (nSPS) is 12.3. The van der Waals surface area contributed by atoms with E-state index in [1.807, 2.05) is 0 Å². The van der Waals surface area contributed by atoms with E-state index in [2.05, 4.69) is 47.8 Å². The van der Waals surface area contributed by atoms with Gasteiger partial charge in [0, 0.05) is 6.08 Å². The summed E-state index contributed by atoms with van der Waals surface area (Å²) in [5.74, 6) is -0.128. The highest BCUT2D eigenvalue weighted by molar-refractivity contribution is 9.25. The van der Waals surface area contributed by atoms with Crippen molar-refractivity contribution in [1.82, 2.24) is 0 Å². The van der Waals surface area contributed by atoms with Crippen LogP contribution in [0.4, 0.5) is 0 Å². The predicted molar refractivity (Wildman–Crippen MR) is 49.5 cm³/mol. The molecule has 0 fully saturated rings. The van der Waals surface area contributed by atoms with Crippen molar-refractivity contribution < 1.29 is 4.79 Å². The van der Waals surface area contributed by atoms with E-state index in [1.165, 1.54) is 6.08 Å². The van der Waals surface area contributed by atoms with E-state index in [0.717, 1.165) is 0 Å². The molecule has 5 heteroatoms. The minimum absolute atomic E-state index is 0.128. The molecule has 0 bridgehead atoms. The zero-order valence-corrected chi connectivity index (χ0v) is 9.59. The van der Waals surface area contributed by atoms with Crippen molar-refractivity contribution in [2.75, 3.05) is 0 Å². The predicted octanol–water partition coefficient (Wildman–Crippen LogP) is 3.15. The van der Waals surface area contributed by atoms with Crippen LogP contribution in [0.1, 0.15) is 0 Å². The van der Waals surface area contributed by atoms with Gasteiger partial charge in [-0.15, -0.1) is 0 Å². The molecular weight excluding hydrogens is 339 g/mol. The fourth-order valence-electron chi connectivity index (χ4n) is 0.171. The fourth-order valence-corrected chi connectivity index (χ4v) is 0.768. The lowest BCUT2D eigenvalue weighted by atomic mass is 10.5. The first-order valence-corrected chi connectivity index (χ1v) is 4.89. The van der Waals surface area contributed by atoms with E-state index in [9.17, 15) is 4.79 Å². The highest BCUT2D eigenvalue weighted by Gasteiger charge is 2.06. The molecule has 0 spiro atoms. The van der Waals surface area contributed by atoms with Gasteiger partial charge in [-0.2, -0.15) is 0 Å². The molecule has 0 saturated heterocycles. The van der Waals surface area contributed by atoms with E-state index < -0.39 is 0 Å². The summed E-state index contributed by atoms with van der Waals surface area (Å²) in [7, 11) is 0. The number of hydrogen-bond donors (Lipinski definition) is 0. The average molecular weight is 341 g/mol. The second-order valence-electron chi connectivity index (χ2n) is 1.14. The van der Waals surface area contributed by atoms with E-state index in [-0.39, 0.29) is 9.52 Å². The highest BCUT2D eigenvalue weighted by atomic mass is 79.9. The van der Waals surface area contributed by atoms with Crippen LogP contribution >= 0.6 is 59.4 Å². The van der Waals surface area contributed by atoms with Gasteiger partial charge >= 0.3 is 0 Å². The fraction of sp³-hybridized carbons (Fsp3) is 0.250. The van der Waals surface area contributed by atoms with Gasteiger partial charge in [0.15, 0.2) is 5.78 Å². The molecule has 0 N–H and O–H groups in total. The number of allylic oxidation sites excluding steroid dienone is 1. The van der Waals surface area contributed by atoms with Crippen LogP contribution in [0.25, 0.3) is 0 Å². The lowest BCUT2D eigenvalue weighted by Crippen LogP contribution is -2.01. The van der Waals surface area contributed by atoms with Gasteiger partial charge in [-0.05, 0) is 15.9 Å². The summed E-state index contributed by atoms with van der Waals surface area (Å²) >= 11 is 14.3. The number of carbonyl (C=O) groups excluding carboxylic acids is 1. The van der Waals surface area contributed by atoms with Gasteiger partial charge in [0.1, 0.15) is 3.74 Å². The largest absolute Gasteiger partial charge is 0.293 e. The molecule has 0 aliphatic heterocycles. The molecule has 9 heavy (non-hydrogen) atoms. The van der Waals surface area contributed by atoms with Crippen LogP contribution in [-0.2, 0) is 4.79 Å². The second kappa shape index (κ2) is 4.88. The molecule has 0 saturated carbocycles. The van der Waals surface area contributed by atoms with Gasteiger partial charge in [-0.3, -0.25) is 4.79 Å². The third-order valence-corrected chi connectivity index (χ3v) is 1.71. The van der Waals surface area contributed by atoms with Crippen molar-refractivity contribution in [3.05, 3.63) is 10.0 Å². The lowest BCUT2D eigenvalue weighted by molar-refractivity contribution is -0.112. The maximum absolute atomic E-state index is 10.7. The Bertz CT molecular complexity index is 139. The van der Waals surface area contributed by atoms with Crippen molar-refractivity contribution in [3.63, 3.8) is 0 Å².